The number of nitrogens with zero attached hydrogens (tertiary/aromatic N) is 5. The van der Waals surface area contributed by atoms with Gasteiger partial charge >= 0.3 is 0 Å². The molecular weight excluding hydrogens is 302 g/mol. The fourth-order valence-electron chi connectivity index (χ4n) is 2.97. The minimum atomic E-state index is 0.517. The van der Waals surface area contributed by atoms with Crippen molar-refractivity contribution < 1.29 is 4.52 Å². The Hall–Kier alpha value is -3.02. The molecule has 1 aromatic carbocycles. The van der Waals surface area contributed by atoms with Crippen LogP contribution in [0.1, 0.15) is 30.5 Å². The number of rotatable bonds is 4. The molecular formula is C18H15N5O. The molecule has 118 valence electrons. The summed E-state index contributed by atoms with van der Waals surface area (Å²) >= 11 is 0. The molecule has 1 aliphatic carbocycles. The van der Waals surface area contributed by atoms with Gasteiger partial charge in [-0.1, -0.05) is 23.4 Å². The van der Waals surface area contributed by atoms with Gasteiger partial charge in [0.25, 0.3) is 0 Å². The molecule has 0 spiro atoms. The van der Waals surface area contributed by atoms with E-state index in [1.54, 1.807) is 6.20 Å². The number of hydrogen-bond donors (Lipinski definition) is 0. The summed E-state index contributed by atoms with van der Waals surface area (Å²) in [5, 5.41) is 4.05. The Labute approximate surface area is 138 Å². The molecule has 6 heteroatoms. The lowest BCUT2D eigenvalue weighted by molar-refractivity contribution is 0.371. The maximum Gasteiger partial charge on any atom is 0.247 e. The van der Waals surface area contributed by atoms with E-state index < -0.39 is 0 Å². The van der Waals surface area contributed by atoms with Crippen LogP contribution in [0.3, 0.4) is 0 Å². The molecule has 1 fully saturated rings. The molecule has 0 radical (unpaired) electrons. The predicted octanol–water partition coefficient (Wildman–Crippen LogP) is 3.41. The van der Waals surface area contributed by atoms with Crippen molar-refractivity contribution in [3.63, 3.8) is 0 Å². The van der Waals surface area contributed by atoms with Gasteiger partial charge in [-0.25, -0.2) is 4.98 Å². The van der Waals surface area contributed by atoms with Gasteiger partial charge in [0.05, 0.1) is 11.0 Å². The average molecular weight is 317 g/mol. The molecule has 0 bridgehead atoms. The van der Waals surface area contributed by atoms with Gasteiger partial charge in [0.1, 0.15) is 18.1 Å². The lowest BCUT2D eigenvalue weighted by atomic mass is 10.3. The number of fused-ring (bicyclic) bond motifs is 1. The predicted molar refractivity (Wildman–Crippen MR) is 88.3 cm³/mol. The molecule has 3 aromatic heterocycles. The van der Waals surface area contributed by atoms with E-state index in [1.807, 2.05) is 36.4 Å². The smallest absolute Gasteiger partial charge is 0.247 e. The van der Waals surface area contributed by atoms with E-state index >= 15 is 0 Å². The van der Waals surface area contributed by atoms with Crippen molar-refractivity contribution in [1.29, 1.82) is 0 Å². The summed E-state index contributed by atoms with van der Waals surface area (Å²) in [6.07, 6.45) is 4.12. The van der Waals surface area contributed by atoms with Crippen LogP contribution < -0.4 is 0 Å². The van der Waals surface area contributed by atoms with Crippen LogP contribution in [0.4, 0.5) is 0 Å². The first-order valence-electron chi connectivity index (χ1n) is 8.07. The van der Waals surface area contributed by atoms with E-state index in [1.165, 1.54) is 12.8 Å². The SMILES string of the molecule is c1ccc(-c2noc(Cn3c(C4CC4)nc4ccccc43)n2)nc1. The van der Waals surface area contributed by atoms with Crippen LogP contribution in [-0.2, 0) is 6.54 Å². The zero-order chi connectivity index (χ0) is 15.9. The van der Waals surface area contributed by atoms with Crippen molar-refractivity contribution in [3.05, 3.63) is 60.4 Å². The van der Waals surface area contributed by atoms with Gasteiger partial charge in [0, 0.05) is 12.1 Å². The number of pyridine rings is 1. The first-order chi connectivity index (χ1) is 11.9. The van der Waals surface area contributed by atoms with Crippen LogP contribution >= 0.6 is 0 Å². The van der Waals surface area contributed by atoms with E-state index in [-0.39, 0.29) is 0 Å². The van der Waals surface area contributed by atoms with Crippen LogP contribution in [0.15, 0.2) is 53.2 Å². The molecule has 1 saturated carbocycles. The standard InChI is InChI=1S/C18H15N5O/c1-2-7-15-13(5-1)20-18(12-8-9-12)23(15)11-16-21-17(22-24-16)14-6-3-4-10-19-14/h1-7,10,12H,8-9,11H2. The quantitative estimate of drug-likeness (QED) is 0.577. The lowest BCUT2D eigenvalue weighted by Gasteiger charge is -2.05. The van der Waals surface area contributed by atoms with E-state index in [9.17, 15) is 0 Å². The van der Waals surface area contributed by atoms with Crippen molar-refractivity contribution in [2.24, 2.45) is 0 Å². The Kier molecular flexibility index (Phi) is 2.94. The van der Waals surface area contributed by atoms with Crippen molar-refractivity contribution >= 4 is 11.0 Å². The highest BCUT2D eigenvalue weighted by Gasteiger charge is 2.30. The van der Waals surface area contributed by atoms with Gasteiger partial charge in [-0.2, -0.15) is 4.98 Å². The highest BCUT2D eigenvalue weighted by atomic mass is 16.5. The van der Waals surface area contributed by atoms with Gasteiger partial charge in [-0.15, -0.1) is 0 Å². The van der Waals surface area contributed by atoms with Crippen LogP contribution in [0.5, 0.6) is 0 Å². The Morgan fingerprint density at radius 3 is 2.75 bits per heavy atom. The first-order valence-corrected chi connectivity index (χ1v) is 8.07. The second-order valence-corrected chi connectivity index (χ2v) is 6.05. The molecule has 0 aliphatic heterocycles. The fraction of sp³-hybridized carbons (Fsp3) is 0.222. The van der Waals surface area contributed by atoms with Crippen LogP contribution in [0.25, 0.3) is 22.6 Å². The molecule has 0 saturated heterocycles. The minimum Gasteiger partial charge on any atom is -0.337 e. The topological polar surface area (TPSA) is 69.6 Å². The second kappa shape index (κ2) is 5.26. The monoisotopic (exact) mass is 317 g/mol. The molecule has 3 heterocycles. The molecule has 0 atom stereocenters. The number of imidazole rings is 1. The Balaban J connectivity index is 1.53. The first kappa shape index (κ1) is 13.4. The van der Waals surface area contributed by atoms with Gasteiger partial charge in [-0.3, -0.25) is 4.98 Å². The van der Waals surface area contributed by atoms with Crippen molar-refractivity contribution in [1.82, 2.24) is 24.7 Å². The zero-order valence-electron chi connectivity index (χ0n) is 13.0. The number of hydrogen-bond acceptors (Lipinski definition) is 5. The lowest BCUT2D eigenvalue weighted by Crippen LogP contribution is -2.04. The van der Waals surface area contributed by atoms with Crippen molar-refractivity contribution in [3.8, 4) is 11.5 Å². The van der Waals surface area contributed by atoms with Crippen molar-refractivity contribution in [2.75, 3.05) is 0 Å². The largest absolute Gasteiger partial charge is 0.337 e. The van der Waals surface area contributed by atoms with Gasteiger partial charge in [0.15, 0.2) is 0 Å². The normalized spacial score (nSPS) is 14.3. The minimum absolute atomic E-state index is 0.517. The summed E-state index contributed by atoms with van der Waals surface area (Å²) in [5.41, 5.74) is 2.84. The number of benzene rings is 1. The summed E-state index contributed by atoms with van der Waals surface area (Å²) in [6.45, 7) is 0.534. The Morgan fingerprint density at radius 1 is 1.04 bits per heavy atom. The Bertz CT molecular complexity index is 1000. The fourth-order valence-corrected chi connectivity index (χ4v) is 2.97. The van der Waals surface area contributed by atoms with Gasteiger partial charge < -0.3 is 9.09 Å². The highest BCUT2D eigenvalue weighted by Crippen LogP contribution is 2.40. The highest BCUT2D eigenvalue weighted by molar-refractivity contribution is 5.76. The molecule has 6 nitrogen and oxygen atoms in total. The van der Waals surface area contributed by atoms with Gasteiger partial charge in [0.2, 0.25) is 11.7 Å². The van der Waals surface area contributed by atoms with Crippen LogP contribution in [-0.4, -0.2) is 24.7 Å². The van der Waals surface area contributed by atoms with E-state index in [4.69, 9.17) is 9.51 Å². The Morgan fingerprint density at radius 2 is 1.92 bits per heavy atom. The maximum atomic E-state index is 5.45. The van der Waals surface area contributed by atoms with E-state index in [2.05, 4.69) is 25.8 Å². The third-order valence-corrected chi connectivity index (χ3v) is 4.28. The second-order valence-electron chi connectivity index (χ2n) is 6.05. The molecule has 0 amide bonds. The van der Waals surface area contributed by atoms with E-state index in [0.29, 0.717) is 29.9 Å². The summed E-state index contributed by atoms with van der Waals surface area (Å²) in [5.74, 6) is 2.76. The zero-order valence-corrected chi connectivity index (χ0v) is 13.0. The molecule has 0 unspecified atom stereocenters. The number of para-hydroxylation sites is 2. The van der Waals surface area contributed by atoms with E-state index in [0.717, 1.165) is 16.9 Å². The average Bonchev–Trinajstić information content (AvgIpc) is 3.26. The summed E-state index contributed by atoms with van der Waals surface area (Å²) in [4.78, 5) is 13.6. The van der Waals surface area contributed by atoms with Crippen LogP contribution in [0.2, 0.25) is 0 Å². The van der Waals surface area contributed by atoms with Crippen molar-refractivity contribution in [2.45, 2.75) is 25.3 Å². The molecule has 0 N–H and O–H groups in total. The van der Waals surface area contributed by atoms with Crippen LogP contribution in [0, 0.1) is 0 Å². The molecule has 4 aromatic rings. The maximum absolute atomic E-state index is 5.45. The summed E-state index contributed by atoms with van der Waals surface area (Å²) < 4.78 is 7.64. The van der Waals surface area contributed by atoms with Gasteiger partial charge in [-0.05, 0) is 37.1 Å². The third-order valence-electron chi connectivity index (χ3n) is 4.28. The molecule has 1 aliphatic rings. The molecule has 24 heavy (non-hydrogen) atoms. The number of aromatic nitrogens is 5. The summed E-state index contributed by atoms with van der Waals surface area (Å²) in [7, 11) is 0. The molecule has 5 rings (SSSR count). The third kappa shape index (κ3) is 2.27. The summed E-state index contributed by atoms with van der Waals surface area (Å²) in [6, 6.07) is 13.8.